The minimum atomic E-state index is -0.409. The summed E-state index contributed by atoms with van der Waals surface area (Å²) in [7, 11) is 0. The highest BCUT2D eigenvalue weighted by Crippen LogP contribution is 2.26. The van der Waals surface area contributed by atoms with Gasteiger partial charge in [0.2, 0.25) is 0 Å². The van der Waals surface area contributed by atoms with Crippen molar-refractivity contribution >= 4 is 15.9 Å². The molecule has 0 saturated carbocycles. The molecule has 4 heteroatoms. The van der Waals surface area contributed by atoms with Crippen LogP contribution < -0.4 is 0 Å². The van der Waals surface area contributed by atoms with Crippen molar-refractivity contribution in [3.05, 3.63) is 39.5 Å². The summed E-state index contributed by atoms with van der Waals surface area (Å²) in [6.45, 7) is 0.977. The molecule has 13 heavy (non-hydrogen) atoms. The Morgan fingerprint density at radius 3 is 2.62 bits per heavy atom. The van der Waals surface area contributed by atoms with E-state index in [2.05, 4.69) is 15.9 Å². The number of ether oxygens (including phenoxy) is 1. The molecule has 0 spiro atoms. The molecular weight excluding hydrogens is 234 g/mol. The smallest absolute Gasteiger partial charge is 0.125 e. The first-order chi connectivity index (χ1) is 6.27. The Labute approximate surface area is 85.0 Å². The Morgan fingerprint density at radius 1 is 1.38 bits per heavy atom. The summed E-state index contributed by atoms with van der Waals surface area (Å²) in [4.78, 5) is 0. The number of hydrogen-bond acceptors (Lipinski definition) is 3. The zero-order chi connectivity index (χ0) is 9.26. The fourth-order valence-corrected chi connectivity index (χ4v) is 1.61. The third kappa shape index (κ3) is 1.91. The van der Waals surface area contributed by atoms with Crippen molar-refractivity contribution in [3.63, 3.8) is 0 Å². The molecule has 0 amide bonds. The van der Waals surface area contributed by atoms with Gasteiger partial charge in [-0.3, -0.25) is 0 Å². The summed E-state index contributed by atoms with van der Waals surface area (Å²) in [5.41, 5.74) is 0.913. The van der Waals surface area contributed by atoms with Crippen LogP contribution in [-0.4, -0.2) is 18.2 Å². The van der Waals surface area contributed by atoms with Gasteiger partial charge in [0.15, 0.2) is 0 Å². The summed E-state index contributed by atoms with van der Waals surface area (Å²) in [6.07, 6.45) is -0.409. The second-order valence-electron chi connectivity index (χ2n) is 2.92. The SMILES string of the molecule is [O-]N1CCOC1c1ccc(Br)cc1. The quantitative estimate of drug-likeness (QED) is 0.759. The summed E-state index contributed by atoms with van der Waals surface area (Å²) in [5.74, 6) is 0. The van der Waals surface area contributed by atoms with E-state index in [1.165, 1.54) is 0 Å². The van der Waals surface area contributed by atoms with Crippen LogP contribution in [0.5, 0.6) is 0 Å². The van der Waals surface area contributed by atoms with Crippen molar-refractivity contribution in [3.8, 4) is 0 Å². The third-order valence-electron chi connectivity index (χ3n) is 2.00. The lowest BCUT2D eigenvalue weighted by Crippen LogP contribution is -2.16. The first-order valence-electron chi connectivity index (χ1n) is 4.08. The molecular formula is C9H9BrNO2-. The predicted molar refractivity (Wildman–Crippen MR) is 52.9 cm³/mol. The molecule has 1 saturated heterocycles. The van der Waals surface area contributed by atoms with Gasteiger partial charge in [0, 0.05) is 11.0 Å². The molecule has 1 heterocycles. The van der Waals surface area contributed by atoms with Gasteiger partial charge in [0.05, 0.1) is 6.61 Å². The molecule has 0 radical (unpaired) electrons. The van der Waals surface area contributed by atoms with E-state index in [0.717, 1.165) is 15.1 Å². The summed E-state index contributed by atoms with van der Waals surface area (Å²) >= 11 is 3.34. The van der Waals surface area contributed by atoms with Gasteiger partial charge >= 0.3 is 0 Å². The topological polar surface area (TPSA) is 35.5 Å². The molecule has 0 bridgehead atoms. The van der Waals surface area contributed by atoms with Gasteiger partial charge in [0.1, 0.15) is 6.23 Å². The Morgan fingerprint density at radius 2 is 2.08 bits per heavy atom. The fraction of sp³-hybridized carbons (Fsp3) is 0.333. The average Bonchev–Trinajstić information content (AvgIpc) is 2.53. The maximum atomic E-state index is 11.2. The van der Waals surface area contributed by atoms with E-state index in [1.807, 2.05) is 24.3 Å². The standard InChI is InChI=1S/C9H9BrNO2/c10-8-3-1-7(2-4-8)9-11(12)5-6-13-9/h1-4,9H,5-6H2/q-1. The highest BCUT2D eigenvalue weighted by molar-refractivity contribution is 9.10. The zero-order valence-electron chi connectivity index (χ0n) is 6.94. The summed E-state index contributed by atoms with van der Waals surface area (Å²) < 4.78 is 6.30. The molecule has 1 fully saturated rings. The normalized spacial score (nSPS) is 23.7. The number of hydrogen-bond donors (Lipinski definition) is 0. The van der Waals surface area contributed by atoms with Crippen LogP contribution in [0.4, 0.5) is 0 Å². The van der Waals surface area contributed by atoms with E-state index in [1.54, 1.807) is 0 Å². The van der Waals surface area contributed by atoms with Crippen LogP contribution >= 0.6 is 15.9 Å². The van der Waals surface area contributed by atoms with E-state index in [-0.39, 0.29) is 0 Å². The van der Waals surface area contributed by atoms with Gasteiger partial charge in [-0.1, -0.05) is 28.1 Å². The molecule has 0 aliphatic carbocycles. The molecule has 1 aliphatic rings. The Kier molecular flexibility index (Phi) is 2.64. The van der Waals surface area contributed by atoms with E-state index in [0.29, 0.717) is 13.2 Å². The second-order valence-corrected chi connectivity index (χ2v) is 3.83. The van der Waals surface area contributed by atoms with E-state index >= 15 is 0 Å². The van der Waals surface area contributed by atoms with E-state index in [4.69, 9.17) is 4.74 Å². The van der Waals surface area contributed by atoms with Crippen LogP contribution in [0.3, 0.4) is 0 Å². The van der Waals surface area contributed by atoms with Crippen molar-refractivity contribution in [1.82, 2.24) is 5.06 Å². The van der Waals surface area contributed by atoms with Crippen molar-refractivity contribution in [2.45, 2.75) is 6.23 Å². The molecule has 1 aromatic rings. The molecule has 0 N–H and O–H groups in total. The molecule has 1 unspecified atom stereocenters. The Bertz CT molecular complexity index is 288. The van der Waals surface area contributed by atoms with Crippen molar-refractivity contribution < 1.29 is 4.74 Å². The second kappa shape index (κ2) is 3.75. The fourth-order valence-electron chi connectivity index (χ4n) is 1.34. The van der Waals surface area contributed by atoms with Crippen molar-refractivity contribution in [2.24, 2.45) is 0 Å². The lowest BCUT2D eigenvalue weighted by molar-refractivity contribution is 0.0547. The Balaban J connectivity index is 2.20. The first-order valence-corrected chi connectivity index (χ1v) is 4.87. The lowest BCUT2D eigenvalue weighted by atomic mass is 10.2. The van der Waals surface area contributed by atoms with Crippen LogP contribution in [0, 0.1) is 5.21 Å². The number of benzene rings is 1. The van der Waals surface area contributed by atoms with Gasteiger partial charge in [-0.25, -0.2) is 0 Å². The average molecular weight is 243 g/mol. The van der Waals surface area contributed by atoms with Crippen molar-refractivity contribution in [1.29, 1.82) is 0 Å². The predicted octanol–water partition coefficient (Wildman–Crippen LogP) is 2.28. The number of rotatable bonds is 1. The van der Waals surface area contributed by atoms with Crippen LogP contribution in [0.1, 0.15) is 11.8 Å². The van der Waals surface area contributed by atoms with Crippen LogP contribution in [0.15, 0.2) is 28.7 Å². The molecule has 1 atom stereocenters. The molecule has 1 aromatic carbocycles. The number of halogens is 1. The molecule has 2 rings (SSSR count). The van der Waals surface area contributed by atoms with Gasteiger partial charge in [-0.15, -0.1) is 0 Å². The van der Waals surface area contributed by atoms with Gasteiger partial charge < -0.3 is 15.0 Å². The zero-order valence-corrected chi connectivity index (χ0v) is 8.53. The largest absolute Gasteiger partial charge is 0.783 e. The first kappa shape index (κ1) is 9.15. The van der Waals surface area contributed by atoms with E-state index in [9.17, 15) is 5.21 Å². The minimum Gasteiger partial charge on any atom is -0.783 e. The van der Waals surface area contributed by atoms with Gasteiger partial charge in [0.25, 0.3) is 0 Å². The molecule has 70 valence electrons. The number of hydroxylamine groups is 2. The van der Waals surface area contributed by atoms with Gasteiger partial charge in [-0.05, 0) is 17.7 Å². The Hall–Kier alpha value is -0.420. The third-order valence-corrected chi connectivity index (χ3v) is 2.53. The van der Waals surface area contributed by atoms with Crippen LogP contribution in [0.2, 0.25) is 0 Å². The van der Waals surface area contributed by atoms with Crippen LogP contribution in [0.25, 0.3) is 0 Å². The minimum absolute atomic E-state index is 0.409. The van der Waals surface area contributed by atoms with Crippen LogP contribution in [-0.2, 0) is 4.74 Å². The van der Waals surface area contributed by atoms with E-state index < -0.39 is 6.23 Å². The number of nitrogens with zero attached hydrogens (tertiary/aromatic N) is 1. The van der Waals surface area contributed by atoms with Gasteiger partial charge in [-0.2, -0.15) is 0 Å². The summed E-state index contributed by atoms with van der Waals surface area (Å²) in [6, 6.07) is 7.60. The summed E-state index contributed by atoms with van der Waals surface area (Å²) in [5, 5.41) is 12.2. The maximum Gasteiger partial charge on any atom is 0.125 e. The van der Waals surface area contributed by atoms with Crippen molar-refractivity contribution in [2.75, 3.05) is 13.2 Å². The highest BCUT2D eigenvalue weighted by Gasteiger charge is 2.18. The lowest BCUT2D eigenvalue weighted by Gasteiger charge is -2.28. The highest BCUT2D eigenvalue weighted by atomic mass is 79.9. The maximum absolute atomic E-state index is 11.2. The molecule has 0 aromatic heterocycles. The molecule has 1 aliphatic heterocycles. The molecule has 3 nitrogen and oxygen atoms in total. The monoisotopic (exact) mass is 242 g/mol.